The van der Waals surface area contributed by atoms with Gasteiger partial charge in [-0.05, 0) is 12.5 Å². The molecule has 88 valence electrons. The minimum absolute atomic E-state index is 0. The Morgan fingerprint density at radius 2 is 1.94 bits per heavy atom. The highest BCUT2D eigenvalue weighted by atomic mass is 127. The number of fused-ring (bicyclic) bond motifs is 1. The van der Waals surface area contributed by atoms with Crippen molar-refractivity contribution in [3.05, 3.63) is 30.2 Å². The van der Waals surface area contributed by atoms with E-state index in [1.54, 1.807) is 0 Å². The van der Waals surface area contributed by atoms with Gasteiger partial charge in [0.2, 0.25) is 5.58 Å². The van der Waals surface area contributed by atoms with Crippen LogP contribution in [-0.4, -0.2) is 0 Å². The predicted octanol–water partition coefficient (Wildman–Crippen LogP) is 0.223. The number of hydrogen-bond donors (Lipinski definition) is 0. The second kappa shape index (κ2) is 6.23. The maximum absolute atomic E-state index is 5.69. The van der Waals surface area contributed by atoms with Gasteiger partial charge >= 0.3 is 5.89 Å². The normalized spacial score (nSPS) is 10.4. The molecule has 0 amide bonds. The van der Waals surface area contributed by atoms with E-state index in [1.165, 1.54) is 24.8 Å². The van der Waals surface area contributed by atoms with Gasteiger partial charge in [-0.15, -0.1) is 0 Å². The third-order valence-corrected chi connectivity index (χ3v) is 2.78. The Balaban J connectivity index is 0.00000128. The average Bonchev–Trinajstić information content (AvgIpc) is 2.56. The van der Waals surface area contributed by atoms with Crippen molar-refractivity contribution >= 4 is 11.1 Å². The number of para-hydroxylation sites is 2. The lowest BCUT2D eigenvalue weighted by atomic mass is 10.2. The predicted molar refractivity (Wildman–Crippen MR) is 60.7 cm³/mol. The molecule has 0 aliphatic rings. The smallest absolute Gasteiger partial charge is 0.344 e. The zero-order valence-electron chi connectivity index (χ0n) is 9.87. The van der Waals surface area contributed by atoms with Crippen LogP contribution in [0.25, 0.3) is 11.1 Å². The average molecular weight is 331 g/mol. The maximum Gasteiger partial charge on any atom is 0.344 e. The second-order valence-electron chi connectivity index (χ2n) is 3.95. The topological polar surface area (TPSA) is 17.0 Å². The molecule has 1 aromatic carbocycles. The molecule has 2 nitrogen and oxygen atoms in total. The van der Waals surface area contributed by atoms with E-state index in [0.717, 1.165) is 18.0 Å². The van der Waals surface area contributed by atoms with Crippen molar-refractivity contribution < 1.29 is 33.0 Å². The van der Waals surface area contributed by atoms with Gasteiger partial charge in [-0.2, -0.15) is 4.57 Å². The molecule has 0 bridgehead atoms. The molecule has 0 atom stereocenters. The van der Waals surface area contributed by atoms with Gasteiger partial charge in [-0.25, -0.2) is 0 Å². The minimum Gasteiger partial charge on any atom is -1.00 e. The Kier molecular flexibility index (Phi) is 5.25. The first-order valence-corrected chi connectivity index (χ1v) is 5.71. The van der Waals surface area contributed by atoms with Crippen LogP contribution in [0.15, 0.2) is 28.7 Å². The van der Waals surface area contributed by atoms with Gasteiger partial charge < -0.3 is 28.4 Å². The number of halogens is 1. The van der Waals surface area contributed by atoms with Crippen molar-refractivity contribution in [2.75, 3.05) is 0 Å². The summed E-state index contributed by atoms with van der Waals surface area (Å²) in [7, 11) is 0. The van der Waals surface area contributed by atoms with Gasteiger partial charge in [0.1, 0.15) is 0 Å². The number of aromatic nitrogens is 1. The molecule has 0 aliphatic carbocycles. The zero-order valence-corrected chi connectivity index (χ0v) is 12.0. The summed E-state index contributed by atoms with van der Waals surface area (Å²) in [6, 6.07) is 8.23. The quantitative estimate of drug-likeness (QED) is 0.445. The van der Waals surface area contributed by atoms with Crippen LogP contribution >= 0.6 is 0 Å². The Morgan fingerprint density at radius 1 is 1.19 bits per heavy atom. The van der Waals surface area contributed by atoms with Crippen LogP contribution in [0, 0.1) is 6.92 Å². The SMILES string of the molecule is CCCCC[n+]1c(C)oc2ccccc21.[I-]. The highest BCUT2D eigenvalue weighted by Crippen LogP contribution is 2.12. The van der Waals surface area contributed by atoms with Gasteiger partial charge in [0, 0.05) is 12.5 Å². The summed E-state index contributed by atoms with van der Waals surface area (Å²) in [5, 5.41) is 0. The van der Waals surface area contributed by atoms with Gasteiger partial charge in [0.25, 0.3) is 5.52 Å². The molecule has 16 heavy (non-hydrogen) atoms. The fourth-order valence-corrected chi connectivity index (χ4v) is 1.95. The van der Waals surface area contributed by atoms with Crippen LogP contribution in [0.4, 0.5) is 0 Å². The van der Waals surface area contributed by atoms with Crippen LogP contribution in [0.5, 0.6) is 0 Å². The van der Waals surface area contributed by atoms with Crippen molar-refractivity contribution in [1.29, 1.82) is 0 Å². The third kappa shape index (κ3) is 2.75. The number of nitrogens with zero attached hydrogens (tertiary/aromatic N) is 1. The highest BCUT2D eigenvalue weighted by Gasteiger charge is 2.16. The summed E-state index contributed by atoms with van der Waals surface area (Å²) in [5.74, 6) is 1.01. The van der Waals surface area contributed by atoms with E-state index in [9.17, 15) is 0 Å². The summed E-state index contributed by atoms with van der Waals surface area (Å²) in [6.07, 6.45) is 3.77. The summed E-state index contributed by atoms with van der Waals surface area (Å²) in [6.45, 7) is 5.33. The van der Waals surface area contributed by atoms with Crippen LogP contribution in [0.3, 0.4) is 0 Å². The van der Waals surface area contributed by atoms with E-state index in [4.69, 9.17) is 4.42 Å². The standard InChI is InChI=1S/C13H18NO.HI/c1-3-4-7-10-14-11(2)15-13-9-6-5-8-12(13)14;/h5-6,8-9H,3-4,7,10H2,1-2H3;1H/q+1;/p-1. The number of oxazole rings is 1. The summed E-state index contributed by atoms with van der Waals surface area (Å²) in [4.78, 5) is 0. The number of unbranched alkanes of at least 4 members (excludes halogenated alkanes) is 2. The van der Waals surface area contributed by atoms with E-state index in [2.05, 4.69) is 23.6 Å². The Bertz CT molecular complexity index is 450. The van der Waals surface area contributed by atoms with Gasteiger partial charge in [-0.1, -0.05) is 25.5 Å². The fourth-order valence-electron chi connectivity index (χ4n) is 1.95. The first kappa shape index (κ1) is 13.5. The lowest BCUT2D eigenvalue weighted by Crippen LogP contribution is -3.00. The Morgan fingerprint density at radius 3 is 2.69 bits per heavy atom. The first-order valence-electron chi connectivity index (χ1n) is 5.71. The number of rotatable bonds is 4. The molecule has 0 aliphatic heterocycles. The van der Waals surface area contributed by atoms with Crippen molar-refractivity contribution in [1.82, 2.24) is 0 Å². The Hall–Kier alpha value is -0.580. The van der Waals surface area contributed by atoms with Gasteiger partial charge in [-0.3, -0.25) is 0 Å². The van der Waals surface area contributed by atoms with Crippen LogP contribution in [0.1, 0.15) is 32.1 Å². The molecule has 0 unspecified atom stereocenters. The van der Waals surface area contributed by atoms with E-state index < -0.39 is 0 Å². The number of aryl methyl sites for hydroxylation is 2. The van der Waals surface area contributed by atoms with Crippen LogP contribution in [-0.2, 0) is 6.54 Å². The molecule has 0 fully saturated rings. The van der Waals surface area contributed by atoms with Crippen LogP contribution in [0.2, 0.25) is 0 Å². The zero-order chi connectivity index (χ0) is 10.7. The lowest BCUT2D eigenvalue weighted by molar-refractivity contribution is -0.683. The van der Waals surface area contributed by atoms with Crippen LogP contribution < -0.4 is 28.5 Å². The molecule has 0 radical (unpaired) electrons. The van der Waals surface area contributed by atoms with E-state index in [-0.39, 0.29) is 24.0 Å². The van der Waals surface area contributed by atoms with Gasteiger partial charge in [0.05, 0.1) is 6.92 Å². The largest absolute Gasteiger partial charge is 1.00 e. The minimum atomic E-state index is 0. The second-order valence-corrected chi connectivity index (χ2v) is 3.95. The molecular weight excluding hydrogens is 313 g/mol. The third-order valence-electron chi connectivity index (χ3n) is 2.78. The van der Waals surface area contributed by atoms with E-state index in [0.29, 0.717) is 0 Å². The van der Waals surface area contributed by atoms with Crippen molar-refractivity contribution in [2.24, 2.45) is 0 Å². The van der Waals surface area contributed by atoms with E-state index >= 15 is 0 Å². The molecule has 2 rings (SSSR count). The monoisotopic (exact) mass is 331 g/mol. The molecule has 0 N–H and O–H groups in total. The fraction of sp³-hybridized carbons (Fsp3) is 0.462. The summed E-state index contributed by atoms with van der Waals surface area (Å²) < 4.78 is 7.96. The summed E-state index contributed by atoms with van der Waals surface area (Å²) in [5.41, 5.74) is 2.21. The molecule has 1 aromatic heterocycles. The maximum atomic E-state index is 5.69. The molecule has 0 saturated carbocycles. The first-order chi connectivity index (χ1) is 7.33. The van der Waals surface area contributed by atoms with Gasteiger partial charge in [0.15, 0.2) is 6.54 Å². The number of hydrogen-bond acceptors (Lipinski definition) is 1. The molecule has 0 spiro atoms. The van der Waals surface area contributed by atoms with Crippen molar-refractivity contribution in [2.45, 2.75) is 39.7 Å². The molecule has 3 heteroatoms. The van der Waals surface area contributed by atoms with Crippen molar-refractivity contribution in [3.8, 4) is 0 Å². The number of benzene rings is 1. The van der Waals surface area contributed by atoms with E-state index in [1.807, 2.05) is 19.1 Å². The molecule has 1 heterocycles. The highest BCUT2D eigenvalue weighted by molar-refractivity contribution is 5.68. The summed E-state index contributed by atoms with van der Waals surface area (Å²) >= 11 is 0. The molecular formula is C13H18INO. The lowest BCUT2D eigenvalue weighted by Gasteiger charge is -1.94. The Labute approximate surface area is 114 Å². The van der Waals surface area contributed by atoms with Crippen molar-refractivity contribution in [3.63, 3.8) is 0 Å². The molecule has 2 aromatic rings. The molecule has 0 saturated heterocycles.